The van der Waals surface area contributed by atoms with Gasteiger partial charge in [0.25, 0.3) is 0 Å². The summed E-state index contributed by atoms with van der Waals surface area (Å²) >= 11 is 3.28. The molecule has 0 saturated heterocycles. The van der Waals surface area contributed by atoms with Crippen molar-refractivity contribution < 1.29 is 9.59 Å². The first kappa shape index (κ1) is 6.93. The van der Waals surface area contributed by atoms with E-state index in [1.807, 2.05) is 0 Å². The Bertz CT molecular complexity index is 153. The van der Waals surface area contributed by atoms with Crippen LogP contribution in [-0.2, 0) is 9.59 Å². The van der Waals surface area contributed by atoms with Gasteiger partial charge in [0.1, 0.15) is 0 Å². The molecular formula is C6H7BrO2. The van der Waals surface area contributed by atoms with Gasteiger partial charge in [-0.3, -0.25) is 9.59 Å². The number of ketones is 2. The lowest BCUT2D eigenvalue weighted by molar-refractivity contribution is -0.137. The van der Waals surface area contributed by atoms with E-state index in [0.29, 0.717) is 12.8 Å². The molecule has 0 heterocycles. The van der Waals surface area contributed by atoms with Crippen LogP contribution in [-0.4, -0.2) is 16.4 Å². The highest BCUT2D eigenvalue weighted by molar-refractivity contribution is 9.09. The van der Waals surface area contributed by atoms with Crippen LogP contribution in [0.5, 0.6) is 0 Å². The Balaban J connectivity index is 2.54. The first-order chi connectivity index (χ1) is 4.20. The summed E-state index contributed by atoms with van der Waals surface area (Å²) in [6.07, 6.45) is 1.62. The summed E-state index contributed by atoms with van der Waals surface area (Å²) in [6, 6.07) is 0. The summed E-state index contributed by atoms with van der Waals surface area (Å²) in [7, 11) is 0. The maximum absolute atomic E-state index is 10.6. The minimum absolute atomic E-state index is 0.203. The van der Waals surface area contributed by atoms with E-state index in [9.17, 15) is 9.59 Å². The zero-order valence-corrected chi connectivity index (χ0v) is 6.48. The number of hydrogen-bond acceptors (Lipinski definition) is 2. The maximum Gasteiger partial charge on any atom is 0.199 e. The topological polar surface area (TPSA) is 34.1 Å². The number of rotatable bonds is 0. The molecule has 1 rings (SSSR count). The Morgan fingerprint density at radius 2 is 2.00 bits per heavy atom. The van der Waals surface area contributed by atoms with Crippen molar-refractivity contribution in [1.82, 2.24) is 0 Å². The summed E-state index contributed by atoms with van der Waals surface area (Å²) < 4.78 is 0. The lowest BCUT2D eigenvalue weighted by Gasteiger charge is -2.12. The molecule has 1 atom stereocenters. The number of hydrogen-bond donors (Lipinski definition) is 0. The molecule has 50 valence electrons. The monoisotopic (exact) mass is 190 g/mol. The van der Waals surface area contributed by atoms with E-state index in [1.165, 1.54) is 0 Å². The van der Waals surface area contributed by atoms with Gasteiger partial charge in [-0.1, -0.05) is 15.9 Å². The van der Waals surface area contributed by atoms with Gasteiger partial charge in [-0.15, -0.1) is 0 Å². The molecule has 0 aliphatic heterocycles. The zero-order valence-electron chi connectivity index (χ0n) is 4.89. The third-order valence-corrected chi connectivity index (χ3v) is 2.18. The summed E-state index contributed by atoms with van der Waals surface area (Å²) in [5.41, 5.74) is 0. The predicted octanol–water partition coefficient (Wildman–Crippen LogP) is 1.07. The van der Waals surface area contributed by atoms with Crippen LogP contribution in [0.15, 0.2) is 0 Å². The molecule has 1 aliphatic carbocycles. The van der Waals surface area contributed by atoms with Crippen molar-refractivity contribution >= 4 is 27.5 Å². The standard InChI is InChI=1S/C6H7BrO2/c7-4-1-2-5(8)6(9)3-4/h4H,1-3H2. The summed E-state index contributed by atoms with van der Waals surface area (Å²) in [5, 5.41) is 0. The molecule has 9 heavy (non-hydrogen) atoms. The highest BCUT2D eigenvalue weighted by Gasteiger charge is 2.23. The van der Waals surface area contributed by atoms with E-state index in [0.717, 1.165) is 6.42 Å². The second-order valence-corrected chi connectivity index (χ2v) is 3.48. The second kappa shape index (κ2) is 2.60. The smallest absolute Gasteiger partial charge is 0.199 e. The number of alkyl halides is 1. The number of Topliss-reactive ketones (excluding diaryl/α,β-unsaturated/α-hetero) is 2. The van der Waals surface area contributed by atoms with Crippen LogP contribution in [0.25, 0.3) is 0 Å². The van der Waals surface area contributed by atoms with Gasteiger partial charge in [-0.05, 0) is 6.42 Å². The van der Waals surface area contributed by atoms with Crippen molar-refractivity contribution in [3.63, 3.8) is 0 Å². The Labute approximate surface area is 61.7 Å². The molecule has 0 spiro atoms. The third kappa shape index (κ3) is 1.61. The van der Waals surface area contributed by atoms with E-state index >= 15 is 0 Å². The molecule has 0 aromatic rings. The van der Waals surface area contributed by atoms with E-state index < -0.39 is 0 Å². The molecule has 2 nitrogen and oxygen atoms in total. The van der Waals surface area contributed by atoms with Gasteiger partial charge in [-0.25, -0.2) is 0 Å². The predicted molar refractivity (Wildman–Crippen MR) is 36.6 cm³/mol. The van der Waals surface area contributed by atoms with Gasteiger partial charge in [-0.2, -0.15) is 0 Å². The lowest BCUT2D eigenvalue weighted by Crippen LogP contribution is -2.24. The molecule has 3 heteroatoms. The fourth-order valence-electron chi connectivity index (χ4n) is 0.844. The Morgan fingerprint density at radius 3 is 2.44 bits per heavy atom. The number of carbonyl (C=O) groups excluding carboxylic acids is 2. The largest absolute Gasteiger partial charge is 0.291 e. The molecule has 1 aliphatic rings. The Morgan fingerprint density at radius 1 is 1.33 bits per heavy atom. The highest BCUT2D eigenvalue weighted by Crippen LogP contribution is 2.18. The maximum atomic E-state index is 10.6. The van der Waals surface area contributed by atoms with E-state index in [1.54, 1.807) is 0 Å². The van der Waals surface area contributed by atoms with Crippen LogP contribution < -0.4 is 0 Å². The van der Waals surface area contributed by atoms with Gasteiger partial charge >= 0.3 is 0 Å². The van der Waals surface area contributed by atoms with Gasteiger partial charge in [0.05, 0.1) is 0 Å². The minimum Gasteiger partial charge on any atom is -0.291 e. The van der Waals surface area contributed by atoms with Crippen molar-refractivity contribution in [3.8, 4) is 0 Å². The molecule has 0 aromatic heterocycles. The van der Waals surface area contributed by atoms with Crippen molar-refractivity contribution in [2.45, 2.75) is 24.1 Å². The molecule has 1 saturated carbocycles. The SMILES string of the molecule is O=C1CCC(Br)CC1=O. The van der Waals surface area contributed by atoms with Gasteiger partial charge < -0.3 is 0 Å². The average Bonchev–Trinajstić information content (AvgIpc) is 1.80. The van der Waals surface area contributed by atoms with Crippen molar-refractivity contribution in [1.29, 1.82) is 0 Å². The van der Waals surface area contributed by atoms with Crippen LogP contribution in [0, 0.1) is 0 Å². The summed E-state index contributed by atoms with van der Waals surface area (Å²) in [6.45, 7) is 0. The minimum atomic E-state index is -0.219. The molecule has 1 fully saturated rings. The summed E-state index contributed by atoms with van der Waals surface area (Å²) in [5.74, 6) is -0.422. The van der Waals surface area contributed by atoms with Crippen LogP contribution >= 0.6 is 15.9 Å². The number of carbonyl (C=O) groups is 2. The Kier molecular flexibility index (Phi) is 2.01. The van der Waals surface area contributed by atoms with Gasteiger partial charge in [0, 0.05) is 17.7 Å². The van der Waals surface area contributed by atoms with Crippen LogP contribution in [0.3, 0.4) is 0 Å². The van der Waals surface area contributed by atoms with E-state index in [2.05, 4.69) is 15.9 Å². The van der Waals surface area contributed by atoms with E-state index in [-0.39, 0.29) is 16.4 Å². The second-order valence-electron chi connectivity index (χ2n) is 2.19. The quantitative estimate of drug-likeness (QED) is 0.424. The van der Waals surface area contributed by atoms with Crippen molar-refractivity contribution in [3.05, 3.63) is 0 Å². The molecule has 0 aromatic carbocycles. The normalized spacial score (nSPS) is 28.8. The van der Waals surface area contributed by atoms with Crippen LogP contribution in [0.1, 0.15) is 19.3 Å². The van der Waals surface area contributed by atoms with Crippen LogP contribution in [0.4, 0.5) is 0 Å². The molecule has 0 bridgehead atoms. The Hall–Kier alpha value is -0.180. The molecule has 0 N–H and O–H groups in total. The van der Waals surface area contributed by atoms with Crippen molar-refractivity contribution in [2.24, 2.45) is 0 Å². The average molecular weight is 191 g/mol. The van der Waals surface area contributed by atoms with Gasteiger partial charge in [0.2, 0.25) is 0 Å². The van der Waals surface area contributed by atoms with E-state index in [4.69, 9.17) is 0 Å². The summed E-state index contributed by atoms with van der Waals surface area (Å²) in [4.78, 5) is 21.4. The number of halogens is 1. The fraction of sp³-hybridized carbons (Fsp3) is 0.667. The van der Waals surface area contributed by atoms with Crippen LogP contribution in [0.2, 0.25) is 0 Å². The zero-order chi connectivity index (χ0) is 6.85. The lowest BCUT2D eigenvalue weighted by atomic mass is 9.98. The van der Waals surface area contributed by atoms with Gasteiger partial charge in [0.15, 0.2) is 11.6 Å². The van der Waals surface area contributed by atoms with Crippen molar-refractivity contribution in [2.75, 3.05) is 0 Å². The third-order valence-electron chi connectivity index (χ3n) is 1.40. The molecule has 0 amide bonds. The molecule has 1 unspecified atom stereocenters. The highest BCUT2D eigenvalue weighted by atomic mass is 79.9. The molecule has 0 radical (unpaired) electrons. The molecular weight excluding hydrogens is 184 g/mol. The first-order valence-electron chi connectivity index (χ1n) is 2.90. The fourth-order valence-corrected chi connectivity index (χ4v) is 1.37. The first-order valence-corrected chi connectivity index (χ1v) is 3.82.